The van der Waals surface area contributed by atoms with Gasteiger partial charge in [0.25, 0.3) is 17.1 Å². The zero-order chi connectivity index (χ0) is 25.1. The molecule has 9 heteroatoms. The lowest BCUT2D eigenvalue weighted by Crippen LogP contribution is -2.45. The summed E-state index contributed by atoms with van der Waals surface area (Å²) >= 11 is 7.09. The molecule has 0 radical (unpaired) electrons. The van der Waals surface area contributed by atoms with Crippen LogP contribution in [0.2, 0.25) is 5.02 Å². The summed E-state index contributed by atoms with van der Waals surface area (Å²) in [6.45, 7) is 1.29. The van der Waals surface area contributed by atoms with Crippen LogP contribution >= 0.6 is 23.4 Å². The monoisotopic (exact) mass is 521 g/mol. The molecule has 0 aromatic heterocycles. The van der Waals surface area contributed by atoms with Gasteiger partial charge in [-0.3, -0.25) is 19.3 Å². The van der Waals surface area contributed by atoms with E-state index in [2.05, 4.69) is 4.90 Å². The number of nitrogens with zero attached hydrogens (tertiary/aromatic N) is 3. The minimum Gasteiger partial charge on any atom is -0.357 e. The molecule has 0 aliphatic carbocycles. The molecule has 36 heavy (non-hydrogen) atoms. The van der Waals surface area contributed by atoms with Crippen LogP contribution in [0.15, 0.2) is 78.9 Å². The van der Waals surface area contributed by atoms with E-state index in [1.165, 1.54) is 4.90 Å². The van der Waals surface area contributed by atoms with Crippen molar-refractivity contribution in [1.29, 1.82) is 0 Å². The maximum atomic E-state index is 13.2. The van der Waals surface area contributed by atoms with Gasteiger partial charge in [0.05, 0.1) is 31.1 Å². The molecule has 2 aliphatic heterocycles. The molecule has 1 fully saturated rings. The number of para-hydroxylation sites is 1. The number of rotatable bonds is 8. The number of fused-ring (bicyclic) bond motifs is 1. The van der Waals surface area contributed by atoms with Crippen LogP contribution < -0.4 is 4.90 Å². The second-order valence-corrected chi connectivity index (χ2v) is 9.93. The third-order valence-corrected chi connectivity index (χ3v) is 7.28. The Morgan fingerprint density at radius 3 is 2.42 bits per heavy atom. The van der Waals surface area contributed by atoms with E-state index >= 15 is 0 Å². The standard InChI is InChI=1S/C27H24ClN3O4S/c28-20-12-13-23-22(16-20)24(32)29(18-31(23)21-10-5-2-6-11-21)14-7-15-35-26-25(33)30(27(34)36-26)17-19-8-3-1-4-9-19/h1-6,8-13,16,26H,7,14-15,17-18H2. The second kappa shape index (κ2) is 10.7. The van der Waals surface area contributed by atoms with Crippen LogP contribution in [0.5, 0.6) is 0 Å². The lowest BCUT2D eigenvalue weighted by atomic mass is 10.1. The molecule has 2 aliphatic rings. The van der Waals surface area contributed by atoms with E-state index in [9.17, 15) is 14.4 Å². The largest absolute Gasteiger partial charge is 0.357 e. The van der Waals surface area contributed by atoms with Gasteiger partial charge in [0, 0.05) is 17.3 Å². The fraction of sp³-hybridized carbons (Fsp3) is 0.222. The van der Waals surface area contributed by atoms with Gasteiger partial charge < -0.3 is 14.5 Å². The van der Waals surface area contributed by atoms with E-state index in [0.29, 0.717) is 30.2 Å². The maximum absolute atomic E-state index is 13.2. The van der Waals surface area contributed by atoms with Crippen LogP contribution in [0.3, 0.4) is 0 Å². The molecule has 0 bridgehead atoms. The minimum atomic E-state index is -0.862. The number of imide groups is 1. The van der Waals surface area contributed by atoms with Crippen LogP contribution in [0.4, 0.5) is 16.2 Å². The highest BCUT2D eigenvalue weighted by Crippen LogP contribution is 2.35. The Bertz CT molecular complexity index is 1270. The molecule has 7 nitrogen and oxygen atoms in total. The Morgan fingerprint density at radius 2 is 1.67 bits per heavy atom. The first-order valence-electron chi connectivity index (χ1n) is 11.6. The van der Waals surface area contributed by atoms with E-state index in [0.717, 1.165) is 28.7 Å². The number of benzene rings is 3. The molecule has 3 aromatic carbocycles. The van der Waals surface area contributed by atoms with Gasteiger partial charge in [-0.15, -0.1) is 0 Å². The Hall–Kier alpha value is -3.33. The number of hydrogen-bond donors (Lipinski definition) is 0. The Morgan fingerprint density at radius 1 is 0.944 bits per heavy atom. The Balaban J connectivity index is 1.20. The molecule has 3 aromatic rings. The molecule has 5 rings (SSSR count). The number of ether oxygens (including phenoxy) is 1. The summed E-state index contributed by atoms with van der Waals surface area (Å²) in [5.41, 5.74) is 2.35. The molecule has 1 atom stereocenters. The predicted molar refractivity (Wildman–Crippen MR) is 140 cm³/mol. The first kappa shape index (κ1) is 24.4. The second-order valence-electron chi connectivity index (χ2n) is 8.49. The summed E-state index contributed by atoms with van der Waals surface area (Å²) in [5.74, 6) is -0.447. The van der Waals surface area contributed by atoms with Crippen LogP contribution in [-0.4, -0.2) is 52.1 Å². The SMILES string of the molecule is O=C1c2cc(Cl)ccc2N(c2ccccc2)CN1CCCOC1SC(=O)N(Cc2ccccc2)C1=O. The smallest absolute Gasteiger partial charge is 0.291 e. The Kier molecular flexibility index (Phi) is 7.27. The van der Waals surface area contributed by atoms with Crippen molar-refractivity contribution in [3.8, 4) is 0 Å². The molecule has 1 unspecified atom stereocenters. The van der Waals surface area contributed by atoms with Gasteiger partial charge in [0.2, 0.25) is 0 Å². The van der Waals surface area contributed by atoms with Crippen LogP contribution in [-0.2, 0) is 16.1 Å². The number of anilines is 2. The number of hydrogen-bond acceptors (Lipinski definition) is 6. The van der Waals surface area contributed by atoms with Crippen molar-refractivity contribution in [1.82, 2.24) is 9.80 Å². The lowest BCUT2D eigenvalue weighted by Gasteiger charge is -2.38. The molecule has 2 heterocycles. The van der Waals surface area contributed by atoms with Crippen molar-refractivity contribution in [3.05, 3.63) is 95.0 Å². The van der Waals surface area contributed by atoms with Crippen molar-refractivity contribution in [3.63, 3.8) is 0 Å². The van der Waals surface area contributed by atoms with Crippen molar-refractivity contribution in [2.45, 2.75) is 18.4 Å². The number of thioether (sulfide) groups is 1. The maximum Gasteiger partial charge on any atom is 0.291 e. The lowest BCUT2D eigenvalue weighted by molar-refractivity contribution is -0.134. The third kappa shape index (κ3) is 5.11. The number of amides is 3. The average molecular weight is 522 g/mol. The van der Waals surface area contributed by atoms with Crippen molar-refractivity contribution >= 4 is 51.8 Å². The zero-order valence-electron chi connectivity index (χ0n) is 19.4. The highest BCUT2D eigenvalue weighted by molar-refractivity contribution is 8.15. The third-order valence-electron chi connectivity index (χ3n) is 6.07. The van der Waals surface area contributed by atoms with Gasteiger partial charge in [-0.1, -0.05) is 60.1 Å². The average Bonchev–Trinajstić information content (AvgIpc) is 3.16. The van der Waals surface area contributed by atoms with Crippen molar-refractivity contribution in [2.24, 2.45) is 0 Å². The van der Waals surface area contributed by atoms with E-state index in [1.807, 2.05) is 66.7 Å². The molecule has 0 N–H and O–H groups in total. The minimum absolute atomic E-state index is 0.102. The van der Waals surface area contributed by atoms with Gasteiger partial charge in [-0.05, 0) is 54.1 Å². The van der Waals surface area contributed by atoms with Gasteiger partial charge in [-0.2, -0.15) is 0 Å². The Labute approximate surface area is 218 Å². The summed E-state index contributed by atoms with van der Waals surface area (Å²) in [7, 11) is 0. The van der Waals surface area contributed by atoms with E-state index in [4.69, 9.17) is 16.3 Å². The van der Waals surface area contributed by atoms with Gasteiger partial charge >= 0.3 is 0 Å². The first-order valence-corrected chi connectivity index (χ1v) is 12.9. The molecular formula is C27H24ClN3O4S. The van der Waals surface area contributed by atoms with Gasteiger partial charge in [0.1, 0.15) is 0 Å². The van der Waals surface area contributed by atoms with Crippen LogP contribution in [0.25, 0.3) is 0 Å². The number of carbonyl (C=O) groups excluding carboxylic acids is 3. The summed E-state index contributed by atoms with van der Waals surface area (Å²) in [6.07, 6.45) is 0.515. The fourth-order valence-corrected chi connectivity index (χ4v) is 5.31. The zero-order valence-corrected chi connectivity index (χ0v) is 21.0. The molecule has 0 spiro atoms. The highest BCUT2D eigenvalue weighted by atomic mass is 35.5. The molecule has 1 saturated heterocycles. The van der Waals surface area contributed by atoms with E-state index < -0.39 is 5.44 Å². The normalized spacial score (nSPS) is 17.6. The highest BCUT2D eigenvalue weighted by Gasteiger charge is 2.40. The van der Waals surface area contributed by atoms with E-state index in [1.54, 1.807) is 17.0 Å². The first-order chi connectivity index (χ1) is 17.5. The predicted octanol–water partition coefficient (Wildman–Crippen LogP) is 5.52. The van der Waals surface area contributed by atoms with Crippen molar-refractivity contribution in [2.75, 3.05) is 24.7 Å². The quantitative estimate of drug-likeness (QED) is 0.363. The molecule has 0 saturated carbocycles. The summed E-state index contributed by atoms with van der Waals surface area (Å²) in [4.78, 5) is 43.3. The number of halogens is 1. The van der Waals surface area contributed by atoms with E-state index in [-0.39, 0.29) is 30.2 Å². The van der Waals surface area contributed by atoms with Crippen LogP contribution in [0, 0.1) is 0 Å². The molecule has 184 valence electrons. The molecular weight excluding hydrogens is 498 g/mol. The van der Waals surface area contributed by atoms with Gasteiger partial charge in [-0.25, -0.2) is 0 Å². The van der Waals surface area contributed by atoms with Gasteiger partial charge in [0.15, 0.2) is 5.44 Å². The summed E-state index contributed by atoms with van der Waals surface area (Å²) < 4.78 is 5.76. The summed E-state index contributed by atoms with van der Waals surface area (Å²) in [6, 6.07) is 24.6. The van der Waals surface area contributed by atoms with Crippen LogP contribution in [0.1, 0.15) is 22.3 Å². The number of carbonyl (C=O) groups is 3. The topological polar surface area (TPSA) is 70.2 Å². The fourth-order valence-electron chi connectivity index (χ4n) is 4.28. The molecule has 3 amide bonds. The van der Waals surface area contributed by atoms with Crippen molar-refractivity contribution < 1.29 is 19.1 Å². The summed E-state index contributed by atoms with van der Waals surface area (Å²) in [5, 5.41) is 0.189.